The highest BCUT2D eigenvalue weighted by Gasteiger charge is 1.56. The van der Waals surface area contributed by atoms with Gasteiger partial charge in [-0.3, -0.25) is 0 Å². The number of hydrogen-bond acceptors (Lipinski definition) is 0. The van der Waals surface area contributed by atoms with E-state index in [0.717, 1.165) is 0 Å². The quantitative estimate of drug-likeness (QED) is 0.438. The lowest BCUT2D eigenvalue weighted by atomic mass is 10.4. The van der Waals surface area contributed by atoms with Crippen molar-refractivity contribution in [1.29, 1.82) is 0 Å². The molecule has 0 nitrogen and oxygen atoms in total. The maximum absolute atomic E-state index is 4.60. The summed E-state index contributed by atoms with van der Waals surface area (Å²) in [5.41, 5.74) is 0. The lowest BCUT2D eigenvalue weighted by Gasteiger charge is -1.68. The van der Waals surface area contributed by atoms with E-state index < -0.39 is 0 Å². The first kappa shape index (κ1) is 36.5. The Morgan fingerprint density at radius 3 is 0.733 bits per heavy atom. The van der Waals surface area contributed by atoms with Crippen LogP contribution in [-0.4, -0.2) is 0 Å². The second-order valence-corrected chi connectivity index (χ2v) is 1.29. The molecule has 0 N–H and O–H groups in total. The van der Waals surface area contributed by atoms with Crippen molar-refractivity contribution in [2.45, 2.75) is 89.0 Å². The van der Waals surface area contributed by atoms with Gasteiger partial charge in [0.25, 0.3) is 0 Å². The molecule has 0 amide bonds. The Kier molecular flexibility index (Phi) is 795. The van der Waals surface area contributed by atoms with Gasteiger partial charge in [0.05, 0.1) is 0 Å². The van der Waals surface area contributed by atoms with E-state index in [4.69, 9.17) is 0 Å². The van der Waals surface area contributed by atoms with Crippen molar-refractivity contribution in [3.63, 3.8) is 0 Å². The van der Waals surface area contributed by atoms with Crippen LogP contribution < -0.4 is 0 Å². The molecule has 0 bridgehead atoms. The third-order valence-electron chi connectivity index (χ3n) is 0.500. The van der Waals surface area contributed by atoms with Crippen molar-refractivity contribution < 1.29 is 0 Å². The Hall–Kier alpha value is -0.440. The van der Waals surface area contributed by atoms with E-state index in [9.17, 15) is 0 Å². The fourth-order valence-corrected chi connectivity index (χ4v) is 0. The molecule has 0 aromatic carbocycles. The summed E-state index contributed by atoms with van der Waals surface area (Å²) in [6, 6.07) is 0. The summed E-state index contributed by atoms with van der Waals surface area (Å²) in [5, 5.41) is 0. The van der Waals surface area contributed by atoms with Gasteiger partial charge in [-0.25, -0.2) is 0 Å². The van der Waals surface area contributed by atoms with Gasteiger partial charge in [0, 0.05) is 0 Å². The molecular formula is C15H38. The van der Waals surface area contributed by atoms with Crippen molar-refractivity contribution >= 4 is 0 Å². The largest absolute Gasteiger partial charge is 0.120 e. The molecule has 0 radical (unpaired) electrons. The average molecular weight is 218 g/mol. The summed E-state index contributed by atoms with van der Waals surface area (Å²) < 4.78 is 0. The van der Waals surface area contributed by atoms with Gasteiger partial charge in [-0.1, -0.05) is 82.1 Å². The van der Waals surface area contributed by atoms with E-state index in [1.807, 2.05) is 55.4 Å². The van der Waals surface area contributed by atoms with Gasteiger partial charge in [0.1, 0.15) is 0 Å². The first-order chi connectivity index (χ1) is 7.33. The average Bonchev–Trinajstić information content (AvgIpc) is 2.39. The summed E-state index contributed by atoms with van der Waals surface area (Å²) >= 11 is 0. The fraction of sp³-hybridized carbons (Fsp3) is 0.867. The number of hydrogen-bond donors (Lipinski definition) is 0. The molecule has 0 heteroatoms. The second kappa shape index (κ2) is 326. The maximum atomic E-state index is 4.60. The number of rotatable bonds is 1. The minimum atomic E-state index is 1.32. The van der Waals surface area contributed by atoms with Crippen LogP contribution in [-0.2, 0) is 0 Å². The van der Waals surface area contributed by atoms with Crippen molar-refractivity contribution in [3.05, 3.63) is 0 Å². The van der Waals surface area contributed by atoms with Crippen LogP contribution in [0.3, 0.4) is 0 Å². The highest BCUT2D eigenvalue weighted by molar-refractivity contribution is 4.73. The molecule has 0 aromatic rings. The molecule has 0 spiro atoms. The SMILES string of the molecule is C#CC.CC.CC.CC.CC.CCCC. The smallest absolute Gasteiger partial charge is 0.00297 e. The van der Waals surface area contributed by atoms with Gasteiger partial charge in [-0.05, 0) is 6.92 Å². The van der Waals surface area contributed by atoms with E-state index in [1.165, 1.54) is 12.8 Å². The third kappa shape index (κ3) is 5780. The van der Waals surface area contributed by atoms with Gasteiger partial charge in [0.2, 0.25) is 0 Å². The van der Waals surface area contributed by atoms with Crippen molar-refractivity contribution in [1.82, 2.24) is 0 Å². The summed E-state index contributed by atoms with van der Waals surface area (Å²) in [4.78, 5) is 0. The Morgan fingerprint density at radius 2 is 0.733 bits per heavy atom. The van der Waals surface area contributed by atoms with Crippen molar-refractivity contribution in [2.75, 3.05) is 0 Å². The van der Waals surface area contributed by atoms with Crippen LogP contribution in [0.5, 0.6) is 0 Å². The van der Waals surface area contributed by atoms with Gasteiger partial charge in [-0.15, -0.1) is 12.3 Å². The zero-order valence-electron chi connectivity index (χ0n) is 13.5. The predicted octanol–water partition coefficient (Wildman–Crippen LogP) is 6.55. The standard InChI is InChI=1S/C4H10.C3H4.4C2H6/c1-3-4-2;1-3-2;4*1-2/h3-4H2,1-2H3;1H,2H3;4*1-2H3. The maximum Gasteiger partial charge on any atom is -0.00297 e. The highest BCUT2D eigenvalue weighted by Crippen LogP contribution is 1.76. The fourth-order valence-electron chi connectivity index (χ4n) is 0. The Morgan fingerprint density at radius 1 is 0.667 bits per heavy atom. The Bertz CT molecular complexity index is 36.5. The van der Waals surface area contributed by atoms with E-state index in [0.29, 0.717) is 0 Å². The molecule has 98 valence electrons. The molecule has 0 heterocycles. The lowest BCUT2D eigenvalue weighted by molar-refractivity contribution is 0.886. The van der Waals surface area contributed by atoms with Crippen LogP contribution in [0.25, 0.3) is 0 Å². The van der Waals surface area contributed by atoms with Crippen LogP contribution in [0.1, 0.15) is 89.0 Å². The first-order valence-electron chi connectivity index (χ1n) is 6.70. The van der Waals surface area contributed by atoms with Crippen molar-refractivity contribution in [2.24, 2.45) is 0 Å². The predicted molar refractivity (Wildman–Crippen MR) is 80.5 cm³/mol. The molecule has 0 aliphatic rings. The second-order valence-electron chi connectivity index (χ2n) is 1.29. The summed E-state index contributed by atoms with van der Waals surface area (Å²) in [5.74, 6) is 2.25. The molecule has 15 heavy (non-hydrogen) atoms. The Balaban J connectivity index is -0.0000000168. The van der Waals surface area contributed by atoms with Crippen LogP contribution in [0.4, 0.5) is 0 Å². The summed E-state index contributed by atoms with van der Waals surface area (Å²) in [6.45, 7) is 22.0. The normalized spacial score (nSPS) is 4.13. The van der Waals surface area contributed by atoms with Crippen LogP contribution in [0.2, 0.25) is 0 Å². The molecule has 0 atom stereocenters. The molecule has 0 saturated carbocycles. The number of terminal acetylenes is 1. The highest BCUT2D eigenvalue weighted by atomic mass is 13.6. The molecule has 0 rings (SSSR count). The minimum Gasteiger partial charge on any atom is -0.120 e. The summed E-state index contributed by atoms with van der Waals surface area (Å²) in [6.07, 6.45) is 7.24. The van der Waals surface area contributed by atoms with E-state index in [1.54, 1.807) is 6.92 Å². The minimum absolute atomic E-state index is 1.32. The lowest BCUT2D eigenvalue weighted by Crippen LogP contribution is -1.47. The van der Waals surface area contributed by atoms with Gasteiger partial charge < -0.3 is 0 Å². The summed E-state index contributed by atoms with van der Waals surface area (Å²) in [7, 11) is 0. The molecule has 0 aliphatic carbocycles. The first-order valence-corrected chi connectivity index (χ1v) is 6.70. The Labute approximate surface area is 102 Å². The van der Waals surface area contributed by atoms with Gasteiger partial charge in [0.15, 0.2) is 0 Å². The van der Waals surface area contributed by atoms with Crippen LogP contribution in [0.15, 0.2) is 0 Å². The van der Waals surface area contributed by atoms with Gasteiger partial charge >= 0.3 is 0 Å². The zero-order chi connectivity index (χ0) is 14.1. The van der Waals surface area contributed by atoms with E-state index in [2.05, 4.69) is 26.2 Å². The van der Waals surface area contributed by atoms with E-state index >= 15 is 0 Å². The molecule has 0 aromatic heterocycles. The monoisotopic (exact) mass is 218 g/mol. The molecule has 0 saturated heterocycles. The third-order valence-corrected chi connectivity index (χ3v) is 0.500. The molecule has 0 aliphatic heterocycles. The molecule has 0 fully saturated rings. The topological polar surface area (TPSA) is 0 Å². The van der Waals surface area contributed by atoms with Gasteiger partial charge in [-0.2, -0.15) is 0 Å². The zero-order valence-corrected chi connectivity index (χ0v) is 13.5. The molecular weight excluding hydrogens is 180 g/mol. The molecule has 0 unspecified atom stereocenters. The number of unbranched alkanes of at least 4 members (excludes halogenated alkanes) is 1. The van der Waals surface area contributed by atoms with Crippen LogP contribution >= 0.6 is 0 Å². The van der Waals surface area contributed by atoms with Crippen LogP contribution in [0, 0.1) is 12.3 Å². The van der Waals surface area contributed by atoms with E-state index in [-0.39, 0.29) is 0 Å². The van der Waals surface area contributed by atoms with Crippen molar-refractivity contribution in [3.8, 4) is 12.3 Å².